The fraction of sp³-hybridized carbons (Fsp3) is 0.233. The second-order valence-electron chi connectivity index (χ2n) is 9.42. The lowest BCUT2D eigenvalue weighted by atomic mass is 9.93. The Hall–Kier alpha value is -4.23. The molecule has 2 aromatic carbocycles. The van der Waals surface area contributed by atoms with Crippen molar-refractivity contribution in [2.24, 2.45) is 0 Å². The first-order valence-corrected chi connectivity index (χ1v) is 12.2. The molecule has 5 aromatic rings. The molecule has 7 nitrogen and oxygen atoms in total. The van der Waals surface area contributed by atoms with Gasteiger partial charge in [0.05, 0.1) is 29.4 Å². The number of hydrogen-bond acceptors (Lipinski definition) is 6. The van der Waals surface area contributed by atoms with Crippen molar-refractivity contribution < 1.29 is 18.8 Å². The van der Waals surface area contributed by atoms with E-state index in [9.17, 15) is 9.90 Å². The largest absolute Gasteiger partial charge is 0.456 e. The molecule has 1 amide bonds. The number of furan rings is 1. The minimum atomic E-state index is -1.02. The number of carbonyl (C=O) groups excluding carboxylic acids is 1. The third kappa shape index (κ3) is 5.04. The highest BCUT2D eigenvalue weighted by atomic mass is 16.5. The predicted octanol–water partition coefficient (Wildman–Crippen LogP) is 5.58. The Morgan fingerprint density at radius 1 is 1.00 bits per heavy atom. The molecular weight excluding hydrogens is 466 g/mol. The minimum absolute atomic E-state index is 0.108. The summed E-state index contributed by atoms with van der Waals surface area (Å²) in [7, 11) is 0. The normalized spacial score (nSPS) is 13.0. The van der Waals surface area contributed by atoms with Gasteiger partial charge >= 0.3 is 0 Å². The third-order valence-electron chi connectivity index (χ3n) is 6.60. The number of rotatable bonds is 7. The van der Waals surface area contributed by atoms with Gasteiger partial charge in [0, 0.05) is 6.07 Å². The maximum atomic E-state index is 13.2. The van der Waals surface area contributed by atoms with Crippen LogP contribution in [-0.4, -0.2) is 21.2 Å². The molecule has 0 spiro atoms. The lowest BCUT2D eigenvalue weighted by molar-refractivity contribution is -0.121. The fourth-order valence-electron chi connectivity index (χ4n) is 4.75. The quantitative estimate of drug-likeness (QED) is 0.306. The van der Waals surface area contributed by atoms with Crippen LogP contribution < -0.4 is 5.32 Å². The number of benzene rings is 2. The van der Waals surface area contributed by atoms with Gasteiger partial charge in [-0.15, -0.1) is 0 Å². The van der Waals surface area contributed by atoms with Crippen LogP contribution in [0.3, 0.4) is 0 Å². The van der Waals surface area contributed by atoms with Crippen molar-refractivity contribution in [3.63, 3.8) is 0 Å². The molecule has 5 rings (SSSR count). The van der Waals surface area contributed by atoms with Gasteiger partial charge in [0.25, 0.3) is 0 Å². The van der Waals surface area contributed by atoms with Crippen LogP contribution in [0.4, 0.5) is 0 Å². The van der Waals surface area contributed by atoms with E-state index in [1.165, 1.54) is 5.56 Å². The fourth-order valence-corrected chi connectivity index (χ4v) is 4.75. The van der Waals surface area contributed by atoms with Crippen LogP contribution in [0.5, 0.6) is 0 Å². The van der Waals surface area contributed by atoms with Crippen LogP contribution >= 0.6 is 0 Å². The smallest absolute Gasteiger partial charge is 0.226 e. The van der Waals surface area contributed by atoms with Crippen molar-refractivity contribution in [1.82, 2.24) is 15.5 Å². The number of aliphatic hydroxyl groups is 1. The van der Waals surface area contributed by atoms with E-state index in [2.05, 4.69) is 47.5 Å². The summed E-state index contributed by atoms with van der Waals surface area (Å²) in [6.45, 7) is 7.64. The average molecular weight is 496 g/mol. The maximum absolute atomic E-state index is 13.2. The van der Waals surface area contributed by atoms with Crippen LogP contribution in [0.2, 0.25) is 0 Å². The average Bonchev–Trinajstić information content (AvgIpc) is 3.45. The molecule has 0 aliphatic heterocycles. The van der Waals surface area contributed by atoms with E-state index in [4.69, 9.17) is 8.94 Å². The molecule has 0 aliphatic rings. The molecule has 37 heavy (non-hydrogen) atoms. The summed E-state index contributed by atoms with van der Waals surface area (Å²) in [6, 6.07) is 21.2. The lowest BCUT2D eigenvalue weighted by Gasteiger charge is -2.22. The molecule has 7 heteroatoms. The van der Waals surface area contributed by atoms with Crippen LogP contribution in [0.15, 0.2) is 75.7 Å². The number of amides is 1. The number of aromatic nitrogens is 2. The van der Waals surface area contributed by atoms with Crippen LogP contribution in [0.25, 0.3) is 11.1 Å². The number of pyridine rings is 1. The van der Waals surface area contributed by atoms with Gasteiger partial charge in [-0.2, -0.15) is 0 Å². The zero-order chi connectivity index (χ0) is 26.1. The highest BCUT2D eigenvalue weighted by Crippen LogP contribution is 2.31. The monoisotopic (exact) mass is 495 g/mol. The number of aryl methyl sites for hydroxylation is 4. The summed E-state index contributed by atoms with van der Waals surface area (Å²) in [4.78, 5) is 17.8. The van der Waals surface area contributed by atoms with E-state index < -0.39 is 6.10 Å². The van der Waals surface area contributed by atoms with Gasteiger partial charge in [-0.3, -0.25) is 4.79 Å². The van der Waals surface area contributed by atoms with Gasteiger partial charge < -0.3 is 19.4 Å². The molecule has 0 radical (unpaired) electrons. The zero-order valence-corrected chi connectivity index (χ0v) is 21.3. The van der Waals surface area contributed by atoms with Gasteiger partial charge in [-0.05, 0) is 56.5 Å². The van der Waals surface area contributed by atoms with Gasteiger partial charge in [0.2, 0.25) is 5.91 Å². The molecular formula is C30H29N3O4. The number of aliphatic hydroxyl groups excluding tert-OH is 1. The topological polar surface area (TPSA) is 101 Å². The van der Waals surface area contributed by atoms with Crippen LogP contribution in [0.1, 0.15) is 62.9 Å². The van der Waals surface area contributed by atoms with Crippen molar-refractivity contribution >= 4 is 17.0 Å². The first kappa shape index (κ1) is 24.5. The Bertz CT molecular complexity index is 1550. The van der Waals surface area contributed by atoms with Crippen molar-refractivity contribution in [2.45, 2.75) is 46.3 Å². The van der Waals surface area contributed by atoms with E-state index in [1.807, 2.05) is 30.3 Å². The van der Waals surface area contributed by atoms with Crippen molar-refractivity contribution in [3.8, 4) is 0 Å². The number of nitrogens with zero attached hydrogens (tertiary/aromatic N) is 2. The third-order valence-corrected chi connectivity index (χ3v) is 6.60. The molecule has 0 aliphatic carbocycles. The lowest BCUT2D eigenvalue weighted by Crippen LogP contribution is -2.31. The number of hydrogen-bond donors (Lipinski definition) is 2. The van der Waals surface area contributed by atoms with Crippen molar-refractivity contribution in [1.29, 1.82) is 0 Å². The van der Waals surface area contributed by atoms with E-state index in [-0.39, 0.29) is 18.4 Å². The standard InChI is InChI=1S/C30H29N3O4/c1-17-10-12-23(18(2)14-17)29(21-8-6-5-7-9-21)32-27(34)15-22-11-13-25-24(31-22)16-26(36-25)30(35)28-19(3)33-37-20(28)4/h5-14,16,29-30,35H,15H2,1-4H3,(H,32,34). The van der Waals surface area contributed by atoms with E-state index in [1.54, 1.807) is 32.0 Å². The maximum Gasteiger partial charge on any atom is 0.226 e. The summed E-state index contributed by atoms with van der Waals surface area (Å²) in [5.41, 5.74) is 7.26. The van der Waals surface area contributed by atoms with Gasteiger partial charge in [-0.25, -0.2) is 4.98 Å². The van der Waals surface area contributed by atoms with Crippen LogP contribution in [0, 0.1) is 27.7 Å². The molecule has 2 unspecified atom stereocenters. The zero-order valence-electron chi connectivity index (χ0n) is 21.3. The molecule has 2 atom stereocenters. The SMILES string of the molecule is Cc1ccc(C(NC(=O)Cc2ccc3oc(C(O)c4c(C)noc4C)cc3n2)c2ccccc2)c(C)c1. The van der Waals surface area contributed by atoms with Crippen molar-refractivity contribution in [3.05, 3.63) is 117 Å². The molecule has 0 saturated carbocycles. The van der Waals surface area contributed by atoms with Gasteiger partial charge in [0.15, 0.2) is 5.58 Å². The van der Waals surface area contributed by atoms with E-state index in [0.29, 0.717) is 39.6 Å². The Kier molecular flexibility index (Phi) is 6.63. The van der Waals surface area contributed by atoms with Crippen molar-refractivity contribution in [2.75, 3.05) is 0 Å². The van der Waals surface area contributed by atoms with Gasteiger partial charge in [0.1, 0.15) is 23.1 Å². The molecule has 0 bridgehead atoms. The number of nitrogens with one attached hydrogen (secondary N) is 1. The second-order valence-corrected chi connectivity index (χ2v) is 9.42. The summed E-state index contributed by atoms with van der Waals surface area (Å²) in [6.07, 6.45) is -0.909. The molecule has 3 aromatic heterocycles. The number of fused-ring (bicyclic) bond motifs is 1. The Labute approximate surface area is 215 Å². The van der Waals surface area contributed by atoms with E-state index in [0.717, 1.165) is 16.7 Å². The molecule has 188 valence electrons. The Morgan fingerprint density at radius 2 is 1.78 bits per heavy atom. The highest BCUT2D eigenvalue weighted by molar-refractivity contribution is 5.80. The summed E-state index contributed by atoms with van der Waals surface area (Å²) < 4.78 is 11.0. The molecule has 0 saturated heterocycles. The number of carbonyl (C=O) groups is 1. The minimum Gasteiger partial charge on any atom is -0.456 e. The Balaban J connectivity index is 1.37. The first-order valence-electron chi connectivity index (χ1n) is 12.2. The molecule has 2 N–H and O–H groups in total. The Morgan fingerprint density at radius 3 is 2.49 bits per heavy atom. The first-order chi connectivity index (χ1) is 17.8. The summed E-state index contributed by atoms with van der Waals surface area (Å²) >= 11 is 0. The van der Waals surface area contributed by atoms with E-state index >= 15 is 0 Å². The molecule has 3 heterocycles. The summed E-state index contributed by atoms with van der Waals surface area (Å²) in [5, 5.41) is 17.9. The highest BCUT2D eigenvalue weighted by Gasteiger charge is 2.24. The van der Waals surface area contributed by atoms with Crippen LogP contribution in [-0.2, 0) is 11.2 Å². The molecule has 0 fully saturated rings. The van der Waals surface area contributed by atoms with Gasteiger partial charge in [-0.1, -0.05) is 59.3 Å². The predicted molar refractivity (Wildman–Crippen MR) is 140 cm³/mol. The second kappa shape index (κ2) is 10.0. The summed E-state index contributed by atoms with van der Waals surface area (Å²) in [5.74, 6) is 0.741.